The molecule has 1 saturated carbocycles. The highest BCUT2D eigenvalue weighted by atomic mass is 32.1. The highest BCUT2D eigenvalue weighted by molar-refractivity contribution is 7.27. The maximum absolute atomic E-state index is 9.30. The highest BCUT2D eigenvalue weighted by Crippen LogP contribution is 2.48. The lowest BCUT2D eigenvalue weighted by atomic mass is 9.71. The van der Waals surface area contributed by atoms with E-state index in [9.17, 15) is 1.37 Å². The van der Waals surface area contributed by atoms with Gasteiger partial charge in [-0.25, -0.2) is 9.97 Å². The molecule has 0 saturated heterocycles. The van der Waals surface area contributed by atoms with Gasteiger partial charge < -0.3 is 0 Å². The van der Waals surface area contributed by atoms with Gasteiger partial charge in [-0.1, -0.05) is 140 Å². The number of thiophene rings is 4. The van der Waals surface area contributed by atoms with Crippen molar-refractivity contribution in [3.05, 3.63) is 294 Å². The van der Waals surface area contributed by atoms with Crippen molar-refractivity contribution in [2.24, 2.45) is 33.6 Å². The molecule has 20 aromatic rings. The number of nitrogens with zero attached hydrogens (tertiary/aromatic N) is 7. The van der Waals surface area contributed by atoms with Crippen molar-refractivity contribution in [1.82, 2.24) is 15.0 Å². The van der Waals surface area contributed by atoms with Crippen LogP contribution in [0.3, 0.4) is 0 Å². The number of fused-ring (bicyclic) bond motifs is 16. The van der Waals surface area contributed by atoms with Crippen molar-refractivity contribution in [3.63, 3.8) is 0 Å². The fourth-order valence-corrected chi connectivity index (χ4v) is 21.9. The molecule has 11 heterocycles. The van der Waals surface area contributed by atoms with E-state index in [-0.39, 0.29) is 11.0 Å². The monoisotopic (exact) mass is 1520 g/mol. The Hall–Kier alpha value is -11.1. The first-order valence-electron chi connectivity index (χ1n) is 41.5. The molecular formula is C100H89N7S4+4. The average Bonchev–Trinajstić information content (AvgIpc) is 1.58. The van der Waals surface area contributed by atoms with Crippen molar-refractivity contribution >= 4 is 170 Å². The Labute approximate surface area is 674 Å². The summed E-state index contributed by atoms with van der Waals surface area (Å²) in [5.74, 6) is -0.613. The van der Waals surface area contributed by atoms with E-state index in [0.29, 0.717) is 5.56 Å². The summed E-state index contributed by atoms with van der Waals surface area (Å²) in [5, 5.41) is 13.6. The van der Waals surface area contributed by atoms with Gasteiger partial charge in [0.2, 0.25) is 22.8 Å². The van der Waals surface area contributed by atoms with Gasteiger partial charge in [0, 0.05) is 104 Å². The van der Waals surface area contributed by atoms with Crippen LogP contribution in [0.1, 0.15) is 99.5 Å². The molecule has 11 aromatic heterocycles. The van der Waals surface area contributed by atoms with E-state index in [0.717, 1.165) is 101 Å². The van der Waals surface area contributed by atoms with Gasteiger partial charge in [-0.3, -0.25) is 4.98 Å². The molecule has 0 aliphatic heterocycles. The van der Waals surface area contributed by atoms with Gasteiger partial charge >= 0.3 is 0 Å². The van der Waals surface area contributed by atoms with Gasteiger partial charge in [-0.15, -0.1) is 45.3 Å². The lowest BCUT2D eigenvalue weighted by molar-refractivity contribution is -0.659. The second-order valence-electron chi connectivity index (χ2n) is 31.0. The minimum Gasteiger partial charge on any atom is -0.264 e. The second-order valence-corrected chi connectivity index (χ2v) is 35.2. The quantitative estimate of drug-likeness (QED) is 0.161. The van der Waals surface area contributed by atoms with E-state index < -0.39 is 19.6 Å². The third kappa shape index (κ3) is 13.1. The smallest absolute Gasteiger partial charge is 0.230 e. The topological polar surface area (TPSA) is 54.2 Å². The number of aryl methyl sites for hydroxylation is 11. The molecule has 111 heavy (non-hydrogen) atoms. The van der Waals surface area contributed by atoms with Crippen molar-refractivity contribution in [2.45, 2.75) is 93.7 Å². The zero-order valence-electron chi connectivity index (χ0n) is 71.3. The molecule has 0 N–H and O–H groups in total. The minimum absolute atomic E-state index is 0.272. The Bertz CT molecular complexity index is 7280. The van der Waals surface area contributed by atoms with Crippen LogP contribution in [0, 0.1) is 53.7 Å². The number of pyridine rings is 7. The minimum atomic E-state index is -2.32. The number of hydrogen-bond donors (Lipinski definition) is 0. The molecule has 0 bridgehead atoms. The van der Waals surface area contributed by atoms with E-state index in [1.807, 2.05) is 71.0 Å². The third-order valence-corrected chi connectivity index (χ3v) is 27.4. The zero-order chi connectivity index (χ0) is 82.2. The average molecular weight is 1520 g/mol. The van der Waals surface area contributed by atoms with Crippen LogP contribution in [0.15, 0.2) is 250 Å². The van der Waals surface area contributed by atoms with E-state index >= 15 is 0 Å². The Morgan fingerprint density at radius 3 is 1.44 bits per heavy atom. The third-order valence-electron chi connectivity index (χ3n) is 22.7. The van der Waals surface area contributed by atoms with Crippen LogP contribution >= 0.6 is 45.3 Å². The Kier molecular flexibility index (Phi) is 16.5. The fourth-order valence-electron chi connectivity index (χ4n) is 16.7. The van der Waals surface area contributed by atoms with E-state index in [1.165, 1.54) is 127 Å². The van der Waals surface area contributed by atoms with Crippen LogP contribution in [0.4, 0.5) is 0 Å². The molecular weight excluding hydrogens is 1430 g/mol. The summed E-state index contributed by atoms with van der Waals surface area (Å²) >= 11 is 7.13. The Morgan fingerprint density at radius 2 is 0.865 bits per heavy atom. The molecule has 1 aliphatic carbocycles. The van der Waals surface area contributed by atoms with Gasteiger partial charge in [0.15, 0.2) is 24.8 Å². The van der Waals surface area contributed by atoms with Gasteiger partial charge in [0.1, 0.15) is 47.0 Å². The number of hydrogen-bond acceptors (Lipinski definition) is 7. The first-order valence-corrected chi connectivity index (χ1v) is 41.2. The summed E-state index contributed by atoms with van der Waals surface area (Å²) in [6.45, 7) is 10.6. The molecule has 9 aromatic carbocycles. The van der Waals surface area contributed by atoms with E-state index in [2.05, 4.69) is 294 Å². The summed E-state index contributed by atoms with van der Waals surface area (Å²) in [7, 11) is 8.23. The maximum Gasteiger partial charge on any atom is 0.230 e. The number of para-hydroxylation sites is 2. The van der Waals surface area contributed by atoms with Gasteiger partial charge in [-0.2, -0.15) is 18.3 Å². The molecule has 21 rings (SSSR count). The Balaban J connectivity index is 0.000000111. The van der Waals surface area contributed by atoms with E-state index in [1.54, 1.807) is 29.7 Å². The molecule has 0 unspecified atom stereocenters. The van der Waals surface area contributed by atoms with Crippen LogP contribution in [0.5, 0.6) is 0 Å². The molecule has 7 nitrogen and oxygen atoms in total. The first-order chi connectivity index (χ1) is 56.5. The predicted octanol–water partition coefficient (Wildman–Crippen LogP) is 25.8. The molecule has 0 spiro atoms. The molecule has 544 valence electrons. The fraction of sp³-hybridized carbons (Fsp3) is 0.190. The van der Waals surface area contributed by atoms with Crippen LogP contribution in [-0.4, -0.2) is 15.0 Å². The van der Waals surface area contributed by atoms with Crippen molar-refractivity contribution in [1.29, 1.82) is 0 Å². The van der Waals surface area contributed by atoms with Crippen LogP contribution in [0.2, 0.25) is 0 Å². The summed E-state index contributed by atoms with van der Waals surface area (Å²) in [5.41, 5.74) is 21.7. The zero-order valence-corrected chi connectivity index (χ0v) is 67.5. The first kappa shape index (κ1) is 63.7. The lowest BCUT2D eigenvalue weighted by Gasteiger charge is -2.34. The maximum atomic E-state index is 9.30. The van der Waals surface area contributed by atoms with Crippen molar-refractivity contribution in [3.8, 4) is 45.0 Å². The largest absolute Gasteiger partial charge is 0.264 e. The number of benzene rings is 9. The van der Waals surface area contributed by atoms with E-state index in [4.69, 9.17) is 18.2 Å². The normalized spacial score (nSPS) is 14.6. The van der Waals surface area contributed by atoms with Gasteiger partial charge in [0.05, 0.1) is 53.7 Å². The Morgan fingerprint density at radius 1 is 0.387 bits per heavy atom. The summed E-state index contributed by atoms with van der Waals surface area (Å²) < 4.78 is 76.2. The van der Waals surface area contributed by atoms with Crippen LogP contribution < -0.4 is 18.3 Å². The molecule has 0 radical (unpaired) electrons. The molecule has 11 heteroatoms. The van der Waals surface area contributed by atoms with Crippen LogP contribution in [-0.2, 0) is 28.2 Å². The number of aromatic nitrogens is 7. The molecule has 1 fully saturated rings. The lowest BCUT2D eigenvalue weighted by Crippen LogP contribution is -2.31. The predicted molar refractivity (Wildman–Crippen MR) is 475 cm³/mol. The SMILES string of the molecule is Cc1ccc(-c2c3sc4cc5ccccc5nc4c3cc[n+]2C)c(C)c1.Cc1ccccc1-c1c2sc3cc4ccccc4nc3c2cc[n+]1C.Cc1ccccc1-c1c2sc3cc4ccncc4cc3c2cc[n+]1C.[2H]C([2H])([2H])c1ccc(-c2c3sc4cc5ccc(C6([2H])CCC(C)(C)CC6)cc5cc4c3c(C([2H])([2H])[2H])c[n+]2C)c(C)c1. The standard InChI is InChI=1S/C33H36NS.C23H19N2S.2C22H17N2S/c1-20-7-10-27(21(2)15-20)31-32-30(22(3)19-34(31)6)28-17-26-16-24(8-9-25(26)18-29(28)35-32)23-11-13-33(4,5)14-12-23;1-14-8-9-17(15(2)12-14)22-23-18(10-11-25(22)3)21-20(26-23)13-16-6-4-5-7-19(16)24-21;1-14-7-3-5-9-16(14)21-22-17(11-12-24(21)2)20-19(25-22)13-15-8-4-6-10-18(15)23-20;1-14-5-3-4-6-17(14)21-22-18(8-10-24(21)2)19-11-16-13-23-9-7-15(16)12-20(19)25-22/h7-10,15-19,23H,11-14H2,1-6H3;4-13H,1-3H3;2*3-13H,1-2H3/q4*+1/i1D3,3D3,23D;;;. The van der Waals surface area contributed by atoms with Crippen LogP contribution in [0.25, 0.3) is 169 Å². The molecule has 0 atom stereocenters. The summed E-state index contributed by atoms with van der Waals surface area (Å²) in [6.07, 6.45) is 15.7. The van der Waals surface area contributed by atoms with Crippen molar-refractivity contribution in [2.75, 3.05) is 0 Å². The second kappa shape index (κ2) is 28.7. The van der Waals surface area contributed by atoms with Gasteiger partial charge in [0.25, 0.3) is 0 Å². The number of rotatable bonds is 5. The summed E-state index contributed by atoms with van der Waals surface area (Å²) in [6, 6.07) is 74.2. The molecule has 0 amide bonds. The molecule has 1 aliphatic rings. The highest BCUT2D eigenvalue weighted by Gasteiger charge is 2.30. The summed E-state index contributed by atoms with van der Waals surface area (Å²) in [4.78, 5) is 14.2. The van der Waals surface area contributed by atoms with Gasteiger partial charge in [-0.05, 0) is 208 Å². The van der Waals surface area contributed by atoms with Crippen molar-refractivity contribution < 1.29 is 27.9 Å².